The van der Waals surface area contributed by atoms with Gasteiger partial charge in [0.2, 0.25) is 0 Å². The topological polar surface area (TPSA) is 193 Å². The number of carbonyl (C=O) groups excluding carboxylic acids is 1. The van der Waals surface area contributed by atoms with Gasteiger partial charge in [-0.05, 0) is 19.8 Å². The van der Waals surface area contributed by atoms with Crippen LogP contribution in [-0.4, -0.2) is 61.0 Å². The number of carboxylic acid groups (broad SMARTS) is 1. The second kappa shape index (κ2) is 9.61. The minimum atomic E-state index is -4.77. The number of aromatic hydroxyl groups is 1. The molecule has 162 valence electrons. The highest BCUT2D eigenvalue weighted by Crippen LogP contribution is 2.41. The van der Waals surface area contributed by atoms with Crippen LogP contribution in [0.25, 0.3) is 0 Å². The second-order valence-electron chi connectivity index (χ2n) is 6.65. The molecular formula is C16H24N3O9P. The summed E-state index contributed by atoms with van der Waals surface area (Å²) < 4.78 is 20.8. The fourth-order valence-electron chi connectivity index (χ4n) is 2.92. The summed E-state index contributed by atoms with van der Waals surface area (Å²) in [7, 11) is -4.77. The van der Waals surface area contributed by atoms with Gasteiger partial charge < -0.3 is 30.5 Å². The van der Waals surface area contributed by atoms with Gasteiger partial charge in [-0.2, -0.15) is 0 Å². The Hall–Kier alpha value is -2.08. The summed E-state index contributed by atoms with van der Waals surface area (Å²) in [4.78, 5) is 46.1. The number of carbonyl (C=O) groups is 2. The van der Waals surface area contributed by atoms with Gasteiger partial charge in [0.15, 0.2) is 6.23 Å². The van der Waals surface area contributed by atoms with Crippen molar-refractivity contribution in [2.45, 2.75) is 45.1 Å². The molecule has 0 radical (unpaired) electrons. The van der Waals surface area contributed by atoms with Gasteiger partial charge in [-0.3, -0.25) is 24.0 Å². The number of aromatic nitrogens is 1. The van der Waals surface area contributed by atoms with E-state index in [9.17, 15) is 19.3 Å². The minimum Gasteiger partial charge on any atom is -0.506 e. The predicted molar refractivity (Wildman–Crippen MR) is 97.3 cm³/mol. The monoisotopic (exact) mass is 433 g/mol. The number of unbranched alkanes of at least 4 members (excludes halogenated alkanes) is 1. The van der Waals surface area contributed by atoms with Crippen molar-refractivity contribution in [3.8, 4) is 5.75 Å². The fraction of sp³-hybridized carbons (Fsp3) is 0.562. The molecule has 1 fully saturated rings. The summed E-state index contributed by atoms with van der Waals surface area (Å²) in [5.41, 5.74) is 6.01. The number of carboxylic acids is 1. The largest absolute Gasteiger partial charge is 0.506 e. The van der Waals surface area contributed by atoms with Gasteiger partial charge in [0.05, 0.1) is 17.9 Å². The number of cyclic esters (lactones) is 1. The Morgan fingerprint density at radius 3 is 2.79 bits per heavy atom. The maximum Gasteiger partial charge on any atom is 0.469 e. The summed E-state index contributed by atoms with van der Waals surface area (Å²) in [6.07, 6.45) is 1.58. The number of aryl methyl sites for hydroxylation is 1. The Morgan fingerprint density at radius 2 is 2.17 bits per heavy atom. The van der Waals surface area contributed by atoms with Crippen molar-refractivity contribution >= 4 is 19.8 Å². The molecule has 0 saturated carbocycles. The molecule has 1 aromatic heterocycles. The first-order valence-electron chi connectivity index (χ1n) is 8.79. The molecule has 2 heterocycles. The molecule has 0 aliphatic carbocycles. The van der Waals surface area contributed by atoms with E-state index in [1.54, 1.807) is 4.90 Å². The third kappa shape index (κ3) is 6.46. The first-order chi connectivity index (χ1) is 13.5. The first kappa shape index (κ1) is 23.2. The van der Waals surface area contributed by atoms with Gasteiger partial charge in [-0.1, -0.05) is 6.42 Å². The number of phosphoric acid groups is 1. The summed E-state index contributed by atoms with van der Waals surface area (Å²) in [6, 6.07) is -0.967. The van der Waals surface area contributed by atoms with E-state index in [0.717, 1.165) is 0 Å². The van der Waals surface area contributed by atoms with Crippen LogP contribution < -0.4 is 5.73 Å². The molecule has 1 aromatic rings. The highest BCUT2D eigenvalue weighted by molar-refractivity contribution is 7.46. The van der Waals surface area contributed by atoms with Crippen LogP contribution >= 0.6 is 7.82 Å². The Bertz CT molecular complexity index is 813. The van der Waals surface area contributed by atoms with E-state index in [4.69, 9.17) is 25.4 Å². The summed E-state index contributed by atoms with van der Waals surface area (Å²) >= 11 is 0. The highest BCUT2D eigenvalue weighted by atomic mass is 31.2. The minimum absolute atomic E-state index is 0.0603. The predicted octanol–water partition coefficient (Wildman–Crippen LogP) is 0.145. The number of rotatable bonds is 10. The van der Waals surface area contributed by atoms with Gasteiger partial charge in [-0.15, -0.1) is 0 Å². The lowest BCUT2D eigenvalue weighted by molar-refractivity contribution is -0.142. The van der Waals surface area contributed by atoms with E-state index >= 15 is 0 Å². The fourth-order valence-corrected chi connectivity index (χ4v) is 3.23. The molecule has 1 aliphatic heterocycles. The molecular weight excluding hydrogens is 409 g/mol. The van der Waals surface area contributed by atoms with Crippen LogP contribution in [0.2, 0.25) is 0 Å². The van der Waals surface area contributed by atoms with E-state index < -0.39 is 38.6 Å². The molecule has 0 amide bonds. The number of aliphatic carboxylic acids is 1. The van der Waals surface area contributed by atoms with Crippen LogP contribution in [-0.2, 0) is 30.0 Å². The Balaban J connectivity index is 2.17. The van der Waals surface area contributed by atoms with Crippen molar-refractivity contribution in [2.75, 3.05) is 13.1 Å². The van der Waals surface area contributed by atoms with Crippen LogP contribution in [0.4, 0.5) is 0 Å². The van der Waals surface area contributed by atoms with Crippen LogP contribution in [0.15, 0.2) is 6.20 Å². The molecule has 0 unspecified atom stereocenters. The Kier molecular flexibility index (Phi) is 7.69. The van der Waals surface area contributed by atoms with Crippen LogP contribution in [0.3, 0.4) is 0 Å². The SMILES string of the molecule is Cc1ncc(COP(=O)(O)O)c([C@H]2OC(=O)CN2CCCC[C@H](N)C(=O)O)c1O. The van der Waals surface area contributed by atoms with Crippen molar-refractivity contribution in [1.82, 2.24) is 9.88 Å². The maximum atomic E-state index is 11.9. The number of hydrogen-bond acceptors (Lipinski definition) is 9. The van der Waals surface area contributed by atoms with Crippen molar-refractivity contribution in [3.05, 3.63) is 23.0 Å². The lowest BCUT2D eigenvalue weighted by atomic mass is 10.1. The normalized spacial score (nSPS) is 18.6. The van der Waals surface area contributed by atoms with E-state index in [0.29, 0.717) is 19.4 Å². The van der Waals surface area contributed by atoms with Crippen molar-refractivity contribution in [2.24, 2.45) is 5.73 Å². The van der Waals surface area contributed by atoms with E-state index in [-0.39, 0.29) is 35.5 Å². The van der Waals surface area contributed by atoms with Gasteiger partial charge in [-0.25, -0.2) is 4.57 Å². The quantitative estimate of drug-likeness (QED) is 0.191. The third-order valence-corrected chi connectivity index (χ3v) is 4.89. The van der Waals surface area contributed by atoms with E-state index in [2.05, 4.69) is 9.51 Å². The average Bonchev–Trinajstić information content (AvgIpc) is 2.98. The zero-order valence-corrected chi connectivity index (χ0v) is 16.6. The Labute approximate surface area is 166 Å². The third-order valence-electron chi connectivity index (χ3n) is 4.43. The molecule has 29 heavy (non-hydrogen) atoms. The number of esters is 1. The van der Waals surface area contributed by atoms with Crippen LogP contribution in [0.5, 0.6) is 5.75 Å². The number of ether oxygens (including phenoxy) is 1. The molecule has 2 atom stereocenters. The molecule has 12 nitrogen and oxygen atoms in total. The summed E-state index contributed by atoms with van der Waals surface area (Å²) in [5, 5.41) is 19.3. The van der Waals surface area contributed by atoms with Gasteiger partial charge in [0.1, 0.15) is 18.3 Å². The van der Waals surface area contributed by atoms with Crippen LogP contribution in [0.1, 0.15) is 42.3 Å². The summed E-state index contributed by atoms with van der Waals surface area (Å²) in [5.74, 6) is -1.89. The molecule has 13 heteroatoms. The number of hydrogen-bond donors (Lipinski definition) is 5. The smallest absolute Gasteiger partial charge is 0.469 e. The molecule has 2 rings (SSSR count). The molecule has 0 aromatic carbocycles. The van der Waals surface area contributed by atoms with Crippen molar-refractivity contribution < 1.29 is 43.4 Å². The average molecular weight is 433 g/mol. The number of nitrogens with zero attached hydrogens (tertiary/aromatic N) is 2. The van der Waals surface area contributed by atoms with Crippen molar-refractivity contribution in [1.29, 1.82) is 0 Å². The molecule has 0 spiro atoms. The highest BCUT2D eigenvalue weighted by Gasteiger charge is 2.37. The first-order valence-corrected chi connectivity index (χ1v) is 10.3. The second-order valence-corrected chi connectivity index (χ2v) is 7.89. The molecule has 1 saturated heterocycles. The van der Waals surface area contributed by atoms with Crippen LogP contribution in [0, 0.1) is 6.92 Å². The lowest BCUT2D eigenvalue weighted by Gasteiger charge is -2.25. The number of phosphoric ester groups is 1. The van der Waals surface area contributed by atoms with Crippen molar-refractivity contribution in [3.63, 3.8) is 0 Å². The van der Waals surface area contributed by atoms with E-state index in [1.165, 1.54) is 13.1 Å². The zero-order valence-electron chi connectivity index (χ0n) is 15.7. The lowest BCUT2D eigenvalue weighted by Crippen LogP contribution is -2.30. The Morgan fingerprint density at radius 1 is 1.48 bits per heavy atom. The van der Waals surface area contributed by atoms with E-state index in [1.807, 2.05) is 0 Å². The van der Waals surface area contributed by atoms with Gasteiger partial charge >= 0.3 is 19.8 Å². The van der Waals surface area contributed by atoms with Gasteiger partial charge in [0.25, 0.3) is 0 Å². The summed E-state index contributed by atoms with van der Waals surface area (Å²) in [6.45, 7) is 1.27. The van der Waals surface area contributed by atoms with Gasteiger partial charge in [0, 0.05) is 18.3 Å². The molecule has 1 aliphatic rings. The molecule has 6 N–H and O–H groups in total. The number of pyridine rings is 1. The number of nitrogens with two attached hydrogens (primary N) is 1. The standard InChI is InChI=1S/C16H24N3O9P/c1-9-14(21)13(10(6-18-9)8-27-29(24,25)26)15-19(7-12(20)28-15)5-3-2-4-11(17)16(22)23/h6,11,15,21H,2-5,7-8,17H2,1H3,(H,22,23)(H2,24,25,26)/t11-,15+/m0/s1. The zero-order chi connectivity index (χ0) is 21.8. The molecule has 0 bridgehead atoms. The maximum absolute atomic E-state index is 11.9.